The van der Waals surface area contributed by atoms with Crippen LogP contribution in [0.15, 0.2) is 36.9 Å². The highest BCUT2D eigenvalue weighted by atomic mass is 16.1. The van der Waals surface area contributed by atoms with E-state index in [2.05, 4.69) is 27.5 Å². The third-order valence-corrected chi connectivity index (χ3v) is 4.44. The second-order valence-corrected chi connectivity index (χ2v) is 5.97. The van der Waals surface area contributed by atoms with Gasteiger partial charge in [0.25, 0.3) is 0 Å². The summed E-state index contributed by atoms with van der Waals surface area (Å²) < 4.78 is 2.11. The fraction of sp³-hybridized carbons (Fsp3) is 0.444. The van der Waals surface area contributed by atoms with Crippen LogP contribution in [0.4, 0.5) is 0 Å². The molecule has 1 fully saturated rings. The van der Waals surface area contributed by atoms with E-state index in [4.69, 9.17) is 0 Å². The molecule has 2 aromatic rings. The van der Waals surface area contributed by atoms with Gasteiger partial charge in [0, 0.05) is 12.5 Å². The van der Waals surface area contributed by atoms with Gasteiger partial charge in [0.1, 0.15) is 5.82 Å². The highest BCUT2D eigenvalue weighted by Gasteiger charge is 2.21. The van der Waals surface area contributed by atoms with E-state index in [0.29, 0.717) is 13.1 Å². The molecule has 0 saturated heterocycles. The molecule has 1 N–H and O–H groups in total. The van der Waals surface area contributed by atoms with E-state index in [0.717, 1.165) is 29.7 Å². The lowest BCUT2D eigenvalue weighted by atomic mass is 9.89. The lowest BCUT2D eigenvalue weighted by Crippen LogP contribution is -2.32. The van der Waals surface area contributed by atoms with Gasteiger partial charge in [-0.3, -0.25) is 4.79 Å². The maximum atomic E-state index is 12.3. The normalized spacial score (nSPS) is 15.8. The maximum Gasteiger partial charge on any atom is 0.223 e. The number of fused-ring (bicyclic) bond motifs is 1. The lowest BCUT2D eigenvalue weighted by Gasteiger charge is -2.20. The number of nitrogens with zero attached hydrogens (tertiary/aromatic N) is 2. The van der Waals surface area contributed by atoms with E-state index in [9.17, 15) is 4.79 Å². The van der Waals surface area contributed by atoms with Crippen LogP contribution < -0.4 is 5.32 Å². The number of hydrogen-bond acceptors (Lipinski definition) is 2. The molecule has 22 heavy (non-hydrogen) atoms. The fourth-order valence-corrected chi connectivity index (χ4v) is 3.27. The minimum absolute atomic E-state index is 0.178. The van der Waals surface area contributed by atoms with Gasteiger partial charge in [-0.1, -0.05) is 37.5 Å². The maximum absolute atomic E-state index is 12.3. The smallest absolute Gasteiger partial charge is 0.223 e. The SMILES string of the molecule is C=CCn1c(CNC(=O)C2CCCCC2)nc2ccccc21. The molecular weight excluding hydrogens is 274 g/mol. The number of para-hydroxylation sites is 2. The van der Waals surface area contributed by atoms with Crippen LogP contribution in [0.2, 0.25) is 0 Å². The van der Waals surface area contributed by atoms with Crippen LogP contribution >= 0.6 is 0 Å². The summed E-state index contributed by atoms with van der Waals surface area (Å²) in [4.78, 5) is 16.9. The van der Waals surface area contributed by atoms with Crippen molar-refractivity contribution in [1.29, 1.82) is 0 Å². The molecule has 0 aliphatic heterocycles. The topological polar surface area (TPSA) is 46.9 Å². The Kier molecular flexibility index (Phi) is 4.56. The van der Waals surface area contributed by atoms with E-state index in [-0.39, 0.29) is 11.8 Å². The van der Waals surface area contributed by atoms with Crippen molar-refractivity contribution in [3.63, 3.8) is 0 Å². The van der Waals surface area contributed by atoms with Crippen LogP contribution in [0.3, 0.4) is 0 Å². The molecule has 0 unspecified atom stereocenters. The number of hydrogen-bond donors (Lipinski definition) is 1. The predicted molar refractivity (Wildman–Crippen MR) is 88.4 cm³/mol. The minimum atomic E-state index is 0.178. The second-order valence-electron chi connectivity index (χ2n) is 5.97. The summed E-state index contributed by atoms with van der Waals surface area (Å²) in [6, 6.07) is 8.05. The Hall–Kier alpha value is -2.10. The van der Waals surface area contributed by atoms with Crippen LogP contribution in [-0.2, 0) is 17.9 Å². The van der Waals surface area contributed by atoms with Gasteiger partial charge >= 0.3 is 0 Å². The average Bonchev–Trinajstić information content (AvgIpc) is 2.92. The molecule has 1 aromatic carbocycles. The second kappa shape index (κ2) is 6.77. The Morgan fingerprint density at radius 3 is 2.86 bits per heavy atom. The molecule has 1 aromatic heterocycles. The molecule has 0 spiro atoms. The molecule has 1 aliphatic rings. The number of nitrogens with one attached hydrogen (secondary N) is 1. The number of benzene rings is 1. The van der Waals surface area contributed by atoms with Crippen molar-refractivity contribution in [3.05, 3.63) is 42.7 Å². The summed E-state index contributed by atoms with van der Waals surface area (Å²) in [5.74, 6) is 1.26. The van der Waals surface area contributed by atoms with Crippen molar-refractivity contribution in [2.45, 2.75) is 45.2 Å². The first-order chi connectivity index (χ1) is 10.8. The first-order valence-corrected chi connectivity index (χ1v) is 8.12. The Balaban J connectivity index is 1.74. The molecular formula is C18H23N3O. The minimum Gasteiger partial charge on any atom is -0.349 e. The van der Waals surface area contributed by atoms with E-state index in [1.807, 2.05) is 24.3 Å². The van der Waals surface area contributed by atoms with E-state index >= 15 is 0 Å². The van der Waals surface area contributed by atoms with Crippen molar-refractivity contribution in [3.8, 4) is 0 Å². The number of carbonyl (C=O) groups is 1. The summed E-state index contributed by atoms with van der Waals surface area (Å²) in [6.45, 7) is 5.00. The van der Waals surface area contributed by atoms with Crippen LogP contribution in [-0.4, -0.2) is 15.5 Å². The molecule has 1 amide bonds. The first kappa shape index (κ1) is 14.8. The van der Waals surface area contributed by atoms with Gasteiger partial charge < -0.3 is 9.88 Å². The average molecular weight is 297 g/mol. The molecule has 0 radical (unpaired) electrons. The molecule has 4 nitrogen and oxygen atoms in total. The molecule has 4 heteroatoms. The van der Waals surface area contributed by atoms with Crippen molar-refractivity contribution in [1.82, 2.24) is 14.9 Å². The monoisotopic (exact) mass is 297 g/mol. The number of carbonyl (C=O) groups excluding carboxylic acids is 1. The number of allylic oxidation sites excluding steroid dienone is 1. The molecule has 0 bridgehead atoms. The van der Waals surface area contributed by atoms with E-state index in [1.54, 1.807) is 0 Å². The third kappa shape index (κ3) is 3.06. The van der Waals surface area contributed by atoms with Gasteiger partial charge in [-0.2, -0.15) is 0 Å². The van der Waals surface area contributed by atoms with Crippen LogP contribution in [0.25, 0.3) is 11.0 Å². The zero-order valence-corrected chi connectivity index (χ0v) is 12.9. The summed E-state index contributed by atoms with van der Waals surface area (Å²) in [5.41, 5.74) is 2.05. The van der Waals surface area contributed by atoms with Crippen molar-refractivity contribution >= 4 is 16.9 Å². The molecule has 0 atom stereocenters. The first-order valence-electron chi connectivity index (χ1n) is 8.12. The third-order valence-electron chi connectivity index (χ3n) is 4.44. The van der Waals surface area contributed by atoms with Gasteiger partial charge in [-0.25, -0.2) is 4.98 Å². The highest BCUT2D eigenvalue weighted by molar-refractivity contribution is 5.79. The number of rotatable bonds is 5. The van der Waals surface area contributed by atoms with Crippen molar-refractivity contribution in [2.24, 2.45) is 5.92 Å². The molecule has 116 valence electrons. The number of amides is 1. The predicted octanol–water partition coefficient (Wildman–Crippen LogP) is 3.42. The number of imidazole rings is 1. The van der Waals surface area contributed by atoms with Gasteiger partial charge in [-0.15, -0.1) is 6.58 Å². The standard InChI is InChI=1S/C18H23N3O/c1-2-12-21-16-11-7-6-10-15(16)20-17(21)13-19-18(22)14-8-4-3-5-9-14/h2,6-7,10-11,14H,1,3-5,8-9,12-13H2,(H,19,22). The van der Waals surface area contributed by atoms with E-state index < -0.39 is 0 Å². The van der Waals surface area contributed by atoms with E-state index in [1.165, 1.54) is 19.3 Å². The zero-order valence-electron chi connectivity index (χ0n) is 12.9. The van der Waals surface area contributed by atoms with Crippen LogP contribution in [0.5, 0.6) is 0 Å². The Morgan fingerprint density at radius 2 is 2.09 bits per heavy atom. The molecule has 3 rings (SSSR count). The fourth-order valence-electron chi connectivity index (χ4n) is 3.27. The van der Waals surface area contributed by atoms with Gasteiger partial charge in [0.15, 0.2) is 0 Å². The van der Waals surface area contributed by atoms with Gasteiger partial charge in [0.2, 0.25) is 5.91 Å². The van der Waals surface area contributed by atoms with Crippen molar-refractivity contribution in [2.75, 3.05) is 0 Å². The van der Waals surface area contributed by atoms with Crippen LogP contribution in [0.1, 0.15) is 37.9 Å². The molecule has 1 saturated carbocycles. The quantitative estimate of drug-likeness (QED) is 0.860. The summed E-state index contributed by atoms with van der Waals surface area (Å²) in [6.07, 6.45) is 7.52. The Labute approximate surface area is 131 Å². The lowest BCUT2D eigenvalue weighted by molar-refractivity contribution is -0.126. The summed E-state index contributed by atoms with van der Waals surface area (Å²) in [7, 11) is 0. The summed E-state index contributed by atoms with van der Waals surface area (Å²) in [5, 5.41) is 3.07. The largest absolute Gasteiger partial charge is 0.349 e. The summed E-state index contributed by atoms with van der Waals surface area (Å²) >= 11 is 0. The van der Waals surface area contributed by atoms with Crippen LogP contribution in [0, 0.1) is 5.92 Å². The Morgan fingerprint density at radius 1 is 1.32 bits per heavy atom. The molecule has 1 aliphatic carbocycles. The van der Waals surface area contributed by atoms with Gasteiger partial charge in [-0.05, 0) is 25.0 Å². The Bertz CT molecular complexity index is 668. The number of aromatic nitrogens is 2. The highest BCUT2D eigenvalue weighted by Crippen LogP contribution is 2.24. The van der Waals surface area contributed by atoms with Crippen molar-refractivity contribution < 1.29 is 4.79 Å². The van der Waals surface area contributed by atoms with Gasteiger partial charge in [0.05, 0.1) is 17.6 Å². The molecule has 1 heterocycles. The zero-order chi connectivity index (χ0) is 15.4.